The molecule has 18 heavy (non-hydrogen) atoms. The number of benzene rings is 1. The molecule has 0 aliphatic heterocycles. The monoisotopic (exact) mass is 252 g/mol. The van der Waals surface area contributed by atoms with Gasteiger partial charge in [0, 0.05) is 5.69 Å². The van der Waals surface area contributed by atoms with Crippen molar-refractivity contribution in [3.63, 3.8) is 0 Å². The lowest BCUT2D eigenvalue weighted by Gasteiger charge is -2.13. The van der Waals surface area contributed by atoms with E-state index in [4.69, 9.17) is 15.6 Å². The van der Waals surface area contributed by atoms with Gasteiger partial charge in [0.05, 0.1) is 12.7 Å². The van der Waals surface area contributed by atoms with Crippen LogP contribution in [0.5, 0.6) is 5.75 Å². The number of carbonyl (C=O) groups excluding carboxylic acids is 1. The van der Waals surface area contributed by atoms with Gasteiger partial charge in [-0.25, -0.2) is 4.79 Å². The Kier molecular flexibility index (Phi) is 4.53. The van der Waals surface area contributed by atoms with E-state index in [0.717, 1.165) is 0 Å². The molecule has 0 spiro atoms. The number of ether oxygens (including phenoxy) is 1. The van der Waals surface area contributed by atoms with Gasteiger partial charge in [-0.1, -0.05) is 6.92 Å². The quantitative estimate of drug-likeness (QED) is 0.675. The van der Waals surface area contributed by atoms with Crippen LogP contribution in [0.3, 0.4) is 0 Å². The van der Waals surface area contributed by atoms with E-state index >= 15 is 0 Å². The molecule has 0 bridgehead atoms. The lowest BCUT2D eigenvalue weighted by Crippen LogP contribution is -2.40. The van der Waals surface area contributed by atoms with Crippen LogP contribution >= 0.6 is 0 Å². The third kappa shape index (κ3) is 3.13. The Labute approximate surface area is 105 Å². The standard InChI is InChI=1S/C12H16N2O4/c1-3-10(12(16)17)14-11(15)8-6-7(18-2)4-5-9(8)13/h4-6,10H,3,13H2,1-2H3,(H,14,15)(H,16,17)/t10-/m0/s1. The molecule has 6 heteroatoms. The highest BCUT2D eigenvalue weighted by molar-refractivity contribution is 6.01. The Morgan fingerprint density at radius 2 is 2.17 bits per heavy atom. The van der Waals surface area contributed by atoms with Gasteiger partial charge in [0.1, 0.15) is 11.8 Å². The van der Waals surface area contributed by atoms with Gasteiger partial charge < -0.3 is 20.9 Å². The molecule has 0 aliphatic carbocycles. The van der Waals surface area contributed by atoms with Crippen LogP contribution in [0, 0.1) is 0 Å². The molecule has 0 unspecified atom stereocenters. The van der Waals surface area contributed by atoms with E-state index in [1.807, 2.05) is 0 Å². The average Bonchev–Trinajstić information content (AvgIpc) is 2.35. The summed E-state index contributed by atoms with van der Waals surface area (Å²) in [4.78, 5) is 22.7. The molecule has 0 aromatic heterocycles. The van der Waals surface area contributed by atoms with Crippen LogP contribution in [0.2, 0.25) is 0 Å². The Morgan fingerprint density at radius 3 is 2.67 bits per heavy atom. The van der Waals surface area contributed by atoms with Crippen molar-refractivity contribution in [1.29, 1.82) is 0 Å². The zero-order valence-corrected chi connectivity index (χ0v) is 10.3. The Balaban J connectivity index is 2.93. The predicted molar refractivity (Wildman–Crippen MR) is 66.6 cm³/mol. The van der Waals surface area contributed by atoms with Crippen molar-refractivity contribution in [3.05, 3.63) is 23.8 Å². The predicted octanol–water partition coefficient (Wildman–Crippen LogP) is 0.870. The molecule has 6 nitrogen and oxygen atoms in total. The van der Waals surface area contributed by atoms with Crippen LogP contribution in [-0.2, 0) is 4.79 Å². The van der Waals surface area contributed by atoms with Gasteiger partial charge in [-0.2, -0.15) is 0 Å². The number of amides is 1. The molecule has 0 saturated carbocycles. The number of hydrogen-bond acceptors (Lipinski definition) is 4. The fourth-order valence-corrected chi connectivity index (χ4v) is 1.43. The molecular formula is C12H16N2O4. The number of aliphatic carboxylic acids is 1. The molecule has 1 aromatic rings. The van der Waals surface area contributed by atoms with E-state index < -0.39 is 17.9 Å². The smallest absolute Gasteiger partial charge is 0.326 e. The average molecular weight is 252 g/mol. The highest BCUT2D eigenvalue weighted by Crippen LogP contribution is 2.19. The molecule has 0 radical (unpaired) electrons. The van der Waals surface area contributed by atoms with Crippen LogP contribution in [0.25, 0.3) is 0 Å². The molecule has 0 fully saturated rings. The highest BCUT2D eigenvalue weighted by atomic mass is 16.5. The molecular weight excluding hydrogens is 236 g/mol. The van der Waals surface area contributed by atoms with Gasteiger partial charge in [0.25, 0.3) is 5.91 Å². The Morgan fingerprint density at radius 1 is 1.50 bits per heavy atom. The molecule has 1 atom stereocenters. The second kappa shape index (κ2) is 5.90. The van der Waals surface area contributed by atoms with Gasteiger partial charge in [-0.15, -0.1) is 0 Å². The lowest BCUT2D eigenvalue weighted by atomic mass is 10.1. The summed E-state index contributed by atoms with van der Waals surface area (Å²) in [6.45, 7) is 1.67. The van der Waals surface area contributed by atoms with Gasteiger partial charge >= 0.3 is 5.97 Å². The number of nitrogen functional groups attached to an aromatic ring is 1. The van der Waals surface area contributed by atoms with Crippen LogP contribution in [0.4, 0.5) is 5.69 Å². The second-order valence-electron chi connectivity index (χ2n) is 3.73. The maximum absolute atomic E-state index is 11.9. The summed E-state index contributed by atoms with van der Waals surface area (Å²) in [5, 5.41) is 11.3. The summed E-state index contributed by atoms with van der Waals surface area (Å²) in [5.41, 5.74) is 6.15. The van der Waals surface area contributed by atoms with Gasteiger partial charge in [-0.3, -0.25) is 4.79 Å². The molecule has 1 amide bonds. The van der Waals surface area contributed by atoms with Gasteiger partial charge in [-0.05, 0) is 24.6 Å². The zero-order valence-electron chi connectivity index (χ0n) is 10.3. The summed E-state index contributed by atoms with van der Waals surface area (Å²) >= 11 is 0. The number of nitrogens with two attached hydrogens (primary N) is 1. The van der Waals surface area contributed by atoms with E-state index in [0.29, 0.717) is 12.2 Å². The fraction of sp³-hybridized carbons (Fsp3) is 0.333. The number of anilines is 1. The normalized spacial score (nSPS) is 11.7. The van der Waals surface area contributed by atoms with Crippen molar-refractivity contribution < 1.29 is 19.4 Å². The minimum Gasteiger partial charge on any atom is -0.497 e. The molecule has 0 saturated heterocycles. The van der Waals surface area contributed by atoms with E-state index in [9.17, 15) is 9.59 Å². The van der Waals surface area contributed by atoms with Crippen molar-refractivity contribution in [2.45, 2.75) is 19.4 Å². The molecule has 0 heterocycles. The molecule has 1 aromatic carbocycles. The molecule has 1 rings (SSSR count). The number of rotatable bonds is 5. The summed E-state index contributed by atoms with van der Waals surface area (Å²) in [6.07, 6.45) is 0.297. The van der Waals surface area contributed by atoms with Crippen LogP contribution in [0.1, 0.15) is 23.7 Å². The first-order valence-electron chi connectivity index (χ1n) is 5.46. The topological polar surface area (TPSA) is 102 Å². The lowest BCUT2D eigenvalue weighted by molar-refractivity contribution is -0.139. The largest absolute Gasteiger partial charge is 0.497 e. The summed E-state index contributed by atoms with van der Waals surface area (Å²) in [7, 11) is 1.47. The Bertz CT molecular complexity index is 459. The van der Waals surface area contributed by atoms with Crippen molar-refractivity contribution in [2.24, 2.45) is 0 Å². The van der Waals surface area contributed by atoms with Gasteiger partial charge in [0.2, 0.25) is 0 Å². The van der Waals surface area contributed by atoms with E-state index in [-0.39, 0.29) is 11.3 Å². The summed E-state index contributed by atoms with van der Waals surface area (Å²) in [6, 6.07) is 3.71. The highest BCUT2D eigenvalue weighted by Gasteiger charge is 2.20. The number of carboxylic acid groups (broad SMARTS) is 1. The number of carboxylic acids is 1. The third-order valence-electron chi connectivity index (χ3n) is 2.52. The number of nitrogens with one attached hydrogen (secondary N) is 1. The molecule has 98 valence electrons. The Hall–Kier alpha value is -2.24. The molecule has 4 N–H and O–H groups in total. The second-order valence-corrected chi connectivity index (χ2v) is 3.73. The maximum atomic E-state index is 11.9. The maximum Gasteiger partial charge on any atom is 0.326 e. The van der Waals surface area contributed by atoms with Crippen molar-refractivity contribution in [3.8, 4) is 5.75 Å². The SMILES string of the molecule is CC[C@H](NC(=O)c1cc(OC)ccc1N)C(=O)O. The number of hydrogen-bond donors (Lipinski definition) is 3. The van der Waals surface area contributed by atoms with E-state index in [1.165, 1.54) is 19.2 Å². The van der Waals surface area contributed by atoms with E-state index in [2.05, 4.69) is 5.32 Å². The van der Waals surface area contributed by atoms with Crippen LogP contribution in [-0.4, -0.2) is 30.1 Å². The summed E-state index contributed by atoms with van der Waals surface area (Å²) in [5.74, 6) is -1.12. The first-order chi connectivity index (χ1) is 8.49. The minimum atomic E-state index is -1.08. The molecule has 0 aliphatic rings. The fourth-order valence-electron chi connectivity index (χ4n) is 1.43. The van der Waals surface area contributed by atoms with Crippen LogP contribution in [0.15, 0.2) is 18.2 Å². The van der Waals surface area contributed by atoms with E-state index in [1.54, 1.807) is 13.0 Å². The first-order valence-corrected chi connectivity index (χ1v) is 5.46. The zero-order chi connectivity index (χ0) is 13.7. The number of carbonyl (C=O) groups is 2. The van der Waals surface area contributed by atoms with Gasteiger partial charge in [0.15, 0.2) is 0 Å². The minimum absolute atomic E-state index is 0.203. The number of methoxy groups -OCH3 is 1. The van der Waals surface area contributed by atoms with Crippen molar-refractivity contribution in [1.82, 2.24) is 5.32 Å². The first kappa shape index (κ1) is 13.8. The van der Waals surface area contributed by atoms with Crippen molar-refractivity contribution in [2.75, 3.05) is 12.8 Å². The van der Waals surface area contributed by atoms with Crippen molar-refractivity contribution >= 4 is 17.6 Å². The van der Waals surface area contributed by atoms with Crippen LogP contribution < -0.4 is 15.8 Å². The third-order valence-corrected chi connectivity index (χ3v) is 2.52. The summed E-state index contributed by atoms with van der Waals surface area (Å²) < 4.78 is 4.99.